The Hall–Kier alpha value is -1.79. The molecule has 1 N–H and O–H groups in total. The lowest BCUT2D eigenvalue weighted by atomic mass is 9.85. The summed E-state index contributed by atoms with van der Waals surface area (Å²) in [5, 5.41) is 11.0. The van der Waals surface area contributed by atoms with E-state index >= 15 is 0 Å². The number of halogens is 1. The minimum atomic E-state index is -0.496. The van der Waals surface area contributed by atoms with Gasteiger partial charge in [-0.15, -0.1) is 0 Å². The number of β-amino-alcohol motifs (C(OH)–C–C–N with tert-alkyl or cyclic N) is 1. The Morgan fingerprint density at radius 3 is 2.32 bits per heavy atom. The van der Waals surface area contributed by atoms with Gasteiger partial charge in [-0.25, -0.2) is 0 Å². The van der Waals surface area contributed by atoms with Gasteiger partial charge in [-0.1, -0.05) is 50.6 Å². The Morgan fingerprint density at radius 2 is 1.65 bits per heavy atom. The number of aliphatic hydroxyl groups excluding tert-OH is 1. The number of ether oxygens (including phenoxy) is 2. The van der Waals surface area contributed by atoms with Crippen LogP contribution in [0.3, 0.4) is 0 Å². The lowest BCUT2D eigenvalue weighted by Gasteiger charge is -2.39. The molecule has 0 aliphatic carbocycles. The molecule has 0 radical (unpaired) electrons. The molecule has 0 aromatic heterocycles. The molecule has 1 atom stereocenters. The standard InChI is InChI=1S/C25H35ClN2O3/c1-25(2,3)23-6-4-5-7-24(23)28-14-12-27(13-15-28)18-21(29)19-30-16-17-31-22-10-8-20(26)9-11-22/h4-11,21,29H,12-19H2,1-3H3. The first kappa shape index (κ1) is 23.9. The molecule has 0 amide bonds. The van der Waals surface area contributed by atoms with Gasteiger partial charge in [-0.2, -0.15) is 0 Å². The number of hydrogen-bond donors (Lipinski definition) is 1. The number of aliphatic hydroxyl groups is 1. The molecule has 2 aromatic carbocycles. The van der Waals surface area contributed by atoms with Crippen LogP contribution in [0.5, 0.6) is 5.75 Å². The zero-order valence-electron chi connectivity index (χ0n) is 18.9. The van der Waals surface area contributed by atoms with Crippen molar-refractivity contribution in [3.63, 3.8) is 0 Å². The Bertz CT molecular complexity index is 799. The van der Waals surface area contributed by atoms with Gasteiger partial charge in [0.2, 0.25) is 0 Å². The number of para-hydroxylation sites is 1. The summed E-state index contributed by atoms with van der Waals surface area (Å²) < 4.78 is 11.2. The van der Waals surface area contributed by atoms with Crippen LogP contribution < -0.4 is 9.64 Å². The van der Waals surface area contributed by atoms with Crippen LogP contribution >= 0.6 is 11.6 Å². The fourth-order valence-corrected chi connectivity index (χ4v) is 4.00. The topological polar surface area (TPSA) is 45.2 Å². The Labute approximate surface area is 191 Å². The van der Waals surface area contributed by atoms with Gasteiger partial charge >= 0.3 is 0 Å². The van der Waals surface area contributed by atoms with E-state index in [-0.39, 0.29) is 5.41 Å². The van der Waals surface area contributed by atoms with Crippen LogP contribution in [-0.2, 0) is 10.2 Å². The van der Waals surface area contributed by atoms with Crippen molar-refractivity contribution in [2.24, 2.45) is 0 Å². The lowest BCUT2D eigenvalue weighted by Crippen LogP contribution is -2.49. The van der Waals surface area contributed by atoms with Crippen LogP contribution in [-0.4, -0.2) is 68.7 Å². The highest BCUT2D eigenvalue weighted by Gasteiger charge is 2.24. The van der Waals surface area contributed by atoms with Gasteiger partial charge in [-0.3, -0.25) is 4.90 Å². The normalized spacial score (nSPS) is 16.4. The van der Waals surface area contributed by atoms with Crippen molar-refractivity contribution in [1.82, 2.24) is 4.90 Å². The lowest BCUT2D eigenvalue weighted by molar-refractivity contribution is 0.00717. The third-order valence-electron chi connectivity index (χ3n) is 5.51. The molecule has 2 aromatic rings. The van der Waals surface area contributed by atoms with E-state index in [0.29, 0.717) is 31.4 Å². The molecule has 6 heteroatoms. The van der Waals surface area contributed by atoms with E-state index < -0.39 is 6.10 Å². The molecule has 5 nitrogen and oxygen atoms in total. The summed E-state index contributed by atoms with van der Waals surface area (Å²) in [6.45, 7) is 12.4. The summed E-state index contributed by atoms with van der Waals surface area (Å²) in [6, 6.07) is 16.0. The third-order valence-corrected chi connectivity index (χ3v) is 5.77. The molecule has 31 heavy (non-hydrogen) atoms. The van der Waals surface area contributed by atoms with Crippen molar-refractivity contribution in [3.8, 4) is 5.75 Å². The van der Waals surface area contributed by atoms with Gasteiger partial charge in [0.15, 0.2) is 0 Å². The summed E-state index contributed by atoms with van der Waals surface area (Å²) >= 11 is 5.86. The average Bonchev–Trinajstić information content (AvgIpc) is 2.75. The van der Waals surface area contributed by atoms with Crippen LogP contribution in [0.15, 0.2) is 48.5 Å². The molecule has 0 saturated carbocycles. The third kappa shape index (κ3) is 7.39. The smallest absolute Gasteiger partial charge is 0.119 e. The quantitative estimate of drug-likeness (QED) is 0.584. The van der Waals surface area contributed by atoms with E-state index in [1.54, 1.807) is 12.1 Å². The van der Waals surface area contributed by atoms with E-state index in [1.165, 1.54) is 11.3 Å². The SMILES string of the molecule is CC(C)(C)c1ccccc1N1CCN(CC(O)COCCOc2ccc(Cl)cc2)CC1. The number of nitrogens with zero attached hydrogens (tertiary/aromatic N) is 2. The molecule has 1 aliphatic heterocycles. The molecular formula is C25H35ClN2O3. The highest BCUT2D eigenvalue weighted by molar-refractivity contribution is 6.30. The van der Waals surface area contributed by atoms with E-state index in [0.717, 1.165) is 31.9 Å². The largest absolute Gasteiger partial charge is 0.491 e. The van der Waals surface area contributed by atoms with Crippen molar-refractivity contribution >= 4 is 17.3 Å². The fraction of sp³-hybridized carbons (Fsp3) is 0.520. The van der Waals surface area contributed by atoms with Crippen molar-refractivity contribution in [3.05, 3.63) is 59.1 Å². The first-order valence-corrected chi connectivity index (χ1v) is 11.4. The first-order valence-electron chi connectivity index (χ1n) is 11.0. The van der Waals surface area contributed by atoms with Crippen molar-refractivity contribution < 1.29 is 14.6 Å². The molecule has 1 heterocycles. The maximum absolute atomic E-state index is 10.3. The minimum Gasteiger partial charge on any atom is -0.491 e. The molecule has 1 aliphatic rings. The highest BCUT2D eigenvalue weighted by Crippen LogP contribution is 2.32. The number of rotatable bonds is 9. The maximum Gasteiger partial charge on any atom is 0.119 e. The second kappa shape index (κ2) is 11.2. The van der Waals surface area contributed by atoms with Crippen LogP contribution in [0.2, 0.25) is 5.02 Å². The zero-order chi connectivity index (χ0) is 22.3. The number of anilines is 1. The molecule has 3 rings (SSSR count). The van der Waals surface area contributed by atoms with E-state index in [4.69, 9.17) is 21.1 Å². The summed E-state index contributed by atoms with van der Waals surface area (Å²) in [5.41, 5.74) is 2.84. The molecule has 1 fully saturated rings. The van der Waals surface area contributed by atoms with Crippen LogP contribution in [0.25, 0.3) is 0 Å². The van der Waals surface area contributed by atoms with Crippen molar-refractivity contribution in [2.45, 2.75) is 32.3 Å². The summed E-state index contributed by atoms with van der Waals surface area (Å²) in [7, 11) is 0. The zero-order valence-corrected chi connectivity index (χ0v) is 19.6. The van der Waals surface area contributed by atoms with Crippen LogP contribution in [0, 0.1) is 0 Å². The Balaban J connectivity index is 1.35. The summed E-state index contributed by atoms with van der Waals surface area (Å²) in [6.07, 6.45) is -0.496. The Morgan fingerprint density at radius 1 is 0.968 bits per heavy atom. The van der Waals surface area contributed by atoms with Gasteiger partial charge in [0.1, 0.15) is 12.4 Å². The summed E-state index contributed by atoms with van der Waals surface area (Å²) in [5.74, 6) is 0.763. The van der Waals surface area contributed by atoms with Crippen LogP contribution in [0.4, 0.5) is 5.69 Å². The number of piperazine rings is 1. The fourth-order valence-electron chi connectivity index (χ4n) is 3.87. The van der Waals surface area contributed by atoms with E-state index in [1.807, 2.05) is 12.1 Å². The monoisotopic (exact) mass is 446 g/mol. The second-order valence-corrected chi connectivity index (χ2v) is 9.52. The highest BCUT2D eigenvalue weighted by atomic mass is 35.5. The van der Waals surface area contributed by atoms with Gasteiger partial charge in [0, 0.05) is 43.4 Å². The predicted molar refractivity (Wildman–Crippen MR) is 128 cm³/mol. The molecule has 1 saturated heterocycles. The van der Waals surface area contributed by atoms with Crippen molar-refractivity contribution in [2.75, 3.05) is 57.4 Å². The van der Waals surface area contributed by atoms with Gasteiger partial charge in [-0.05, 0) is 41.3 Å². The molecule has 0 bridgehead atoms. The second-order valence-electron chi connectivity index (χ2n) is 9.09. The maximum atomic E-state index is 10.3. The van der Waals surface area contributed by atoms with Crippen molar-refractivity contribution in [1.29, 1.82) is 0 Å². The van der Waals surface area contributed by atoms with Gasteiger partial charge in [0.25, 0.3) is 0 Å². The molecule has 170 valence electrons. The van der Waals surface area contributed by atoms with Gasteiger partial charge in [0.05, 0.1) is 19.3 Å². The van der Waals surface area contributed by atoms with E-state index in [2.05, 4.69) is 54.8 Å². The molecular weight excluding hydrogens is 412 g/mol. The number of benzene rings is 2. The average molecular weight is 447 g/mol. The summed E-state index contributed by atoms with van der Waals surface area (Å²) in [4.78, 5) is 4.78. The number of hydrogen-bond acceptors (Lipinski definition) is 5. The minimum absolute atomic E-state index is 0.124. The van der Waals surface area contributed by atoms with Gasteiger partial charge < -0.3 is 19.5 Å². The predicted octanol–water partition coefficient (Wildman–Crippen LogP) is 4.22. The van der Waals surface area contributed by atoms with E-state index in [9.17, 15) is 5.11 Å². The first-order chi connectivity index (χ1) is 14.8. The van der Waals surface area contributed by atoms with Crippen LogP contribution in [0.1, 0.15) is 26.3 Å². The Kier molecular flexibility index (Phi) is 8.61. The molecule has 0 spiro atoms. The molecule has 1 unspecified atom stereocenters.